The van der Waals surface area contributed by atoms with Gasteiger partial charge in [-0.25, -0.2) is 0 Å². The van der Waals surface area contributed by atoms with Gasteiger partial charge in [0.25, 0.3) is 5.91 Å². The fraction of sp³-hybridized carbons (Fsp3) is 0.692. The fourth-order valence-electron chi connectivity index (χ4n) is 1.88. The van der Waals surface area contributed by atoms with Gasteiger partial charge in [0, 0.05) is 39.3 Å². The maximum absolute atomic E-state index is 12.2. The van der Waals surface area contributed by atoms with E-state index >= 15 is 0 Å². The van der Waals surface area contributed by atoms with Gasteiger partial charge in [0.1, 0.15) is 0 Å². The van der Waals surface area contributed by atoms with Gasteiger partial charge in [-0.2, -0.15) is 0 Å². The van der Waals surface area contributed by atoms with Crippen LogP contribution < -0.4 is 0 Å². The first kappa shape index (κ1) is 13.7. The molecule has 96 valence electrons. The molecule has 1 saturated heterocycles. The van der Waals surface area contributed by atoms with Gasteiger partial charge in [0.05, 0.1) is 5.57 Å². The third-order valence-corrected chi connectivity index (χ3v) is 2.80. The summed E-state index contributed by atoms with van der Waals surface area (Å²) in [6.45, 7) is 5.19. The maximum Gasteiger partial charge on any atom is 0.258 e. The highest BCUT2D eigenvalue weighted by molar-refractivity contribution is 6.19. The average Bonchev–Trinajstić information content (AvgIpc) is 2.76. The number of hydrogen-bond donors (Lipinski definition) is 0. The summed E-state index contributed by atoms with van der Waals surface area (Å²) in [6, 6.07) is 0. The SMILES string of the molecule is CC(C)C(=O)C(=CN(C)C)C(=O)N1CCCC1. The molecule has 0 N–H and O–H groups in total. The van der Waals surface area contributed by atoms with Crippen LogP contribution in [0.5, 0.6) is 0 Å². The smallest absolute Gasteiger partial charge is 0.258 e. The lowest BCUT2D eigenvalue weighted by Gasteiger charge is -2.19. The van der Waals surface area contributed by atoms with Crippen LogP contribution in [-0.2, 0) is 9.59 Å². The van der Waals surface area contributed by atoms with Crippen LogP contribution in [0.1, 0.15) is 26.7 Å². The molecule has 1 heterocycles. The third-order valence-electron chi connectivity index (χ3n) is 2.80. The van der Waals surface area contributed by atoms with Crippen LogP contribution in [0.2, 0.25) is 0 Å². The van der Waals surface area contributed by atoms with Crippen molar-refractivity contribution in [2.75, 3.05) is 27.2 Å². The van der Waals surface area contributed by atoms with E-state index in [0.29, 0.717) is 5.57 Å². The summed E-state index contributed by atoms with van der Waals surface area (Å²) in [6.07, 6.45) is 3.72. The minimum atomic E-state index is -0.146. The largest absolute Gasteiger partial charge is 0.383 e. The van der Waals surface area contributed by atoms with Crippen molar-refractivity contribution in [2.24, 2.45) is 5.92 Å². The van der Waals surface area contributed by atoms with Crippen LogP contribution in [0.3, 0.4) is 0 Å². The summed E-state index contributed by atoms with van der Waals surface area (Å²) in [5.41, 5.74) is 0.312. The predicted molar refractivity (Wildman–Crippen MR) is 67.4 cm³/mol. The standard InChI is InChI=1S/C13H22N2O2/c1-10(2)12(16)11(9-14(3)4)13(17)15-7-5-6-8-15/h9-10H,5-8H2,1-4H3. The van der Waals surface area contributed by atoms with Gasteiger partial charge in [0.2, 0.25) is 0 Å². The molecule has 1 aliphatic heterocycles. The first-order valence-corrected chi connectivity index (χ1v) is 6.15. The second kappa shape index (κ2) is 5.84. The van der Waals surface area contributed by atoms with Crippen LogP contribution in [0.4, 0.5) is 0 Å². The van der Waals surface area contributed by atoms with Gasteiger partial charge in [-0.1, -0.05) is 13.8 Å². The number of Topliss-reactive ketones (excluding diaryl/α,β-unsaturated/α-hetero) is 1. The Labute approximate surface area is 103 Å². The molecule has 0 aromatic heterocycles. The second-order valence-corrected chi connectivity index (χ2v) is 5.02. The van der Waals surface area contributed by atoms with Gasteiger partial charge in [-0.05, 0) is 12.8 Å². The lowest BCUT2D eigenvalue weighted by molar-refractivity contribution is -0.129. The van der Waals surface area contributed by atoms with Crippen molar-refractivity contribution in [1.29, 1.82) is 0 Å². The third kappa shape index (κ3) is 3.58. The Morgan fingerprint density at radius 1 is 1.18 bits per heavy atom. The summed E-state index contributed by atoms with van der Waals surface area (Å²) in [7, 11) is 3.65. The van der Waals surface area contributed by atoms with Crippen LogP contribution in [-0.4, -0.2) is 48.7 Å². The van der Waals surface area contributed by atoms with E-state index in [1.165, 1.54) is 0 Å². The van der Waals surface area contributed by atoms with Crippen LogP contribution in [0.25, 0.3) is 0 Å². The number of carbonyl (C=O) groups is 2. The van der Waals surface area contributed by atoms with Gasteiger partial charge >= 0.3 is 0 Å². The van der Waals surface area contributed by atoms with Crippen molar-refractivity contribution in [3.63, 3.8) is 0 Å². The van der Waals surface area contributed by atoms with E-state index in [1.54, 1.807) is 16.0 Å². The van der Waals surface area contributed by atoms with Crippen LogP contribution >= 0.6 is 0 Å². The number of likely N-dealkylation sites (tertiary alicyclic amines) is 1. The fourth-order valence-corrected chi connectivity index (χ4v) is 1.88. The van der Waals surface area contributed by atoms with Gasteiger partial charge in [-0.15, -0.1) is 0 Å². The Hall–Kier alpha value is -1.32. The molecule has 1 fully saturated rings. The first-order valence-electron chi connectivity index (χ1n) is 6.15. The zero-order valence-electron chi connectivity index (χ0n) is 11.2. The summed E-state index contributed by atoms with van der Waals surface area (Å²) < 4.78 is 0. The van der Waals surface area contributed by atoms with E-state index in [-0.39, 0.29) is 17.6 Å². The molecule has 1 rings (SSSR count). The molecule has 1 amide bonds. The van der Waals surface area contributed by atoms with Crippen LogP contribution in [0.15, 0.2) is 11.8 Å². The normalized spacial score (nSPS) is 16.5. The lowest BCUT2D eigenvalue weighted by atomic mass is 10.0. The molecule has 0 atom stereocenters. The van der Waals surface area contributed by atoms with Crippen LogP contribution in [0, 0.1) is 5.92 Å². The van der Waals surface area contributed by atoms with Gasteiger partial charge in [-0.3, -0.25) is 9.59 Å². The van der Waals surface area contributed by atoms with Crippen molar-refractivity contribution in [3.8, 4) is 0 Å². The topological polar surface area (TPSA) is 40.6 Å². The van der Waals surface area contributed by atoms with Crippen molar-refractivity contribution in [3.05, 3.63) is 11.8 Å². The van der Waals surface area contributed by atoms with Crippen molar-refractivity contribution in [1.82, 2.24) is 9.80 Å². The van der Waals surface area contributed by atoms with Crippen molar-refractivity contribution >= 4 is 11.7 Å². The Morgan fingerprint density at radius 2 is 1.71 bits per heavy atom. The van der Waals surface area contributed by atoms with E-state index in [9.17, 15) is 9.59 Å². The molecule has 0 radical (unpaired) electrons. The molecule has 0 aromatic carbocycles. The molecular formula is C13H22N2O2. The molecule has 4 nitrogen and oxygen atoms in total. The van der Waals surface area contributed by atoms with E-state index < -0.39 is 0 Å². The zero-order chi connectivity index (χ0) is 13.0. The minimum absolute atomic E-state index is 0.0735. The number of amides is 1. The summed E-state index contributed by atoms with van der Waals surface area (Å²) in [5, 5.41) is 0. The molecule has 0 bridgehead atoms. The minimum Gasteiger partial charge on any atom is -0.383 e. The molecule has 4 heteroatoms. The number of rotatable bonds is 4. The Kier molecular flexibility index (Phi) is 4.73. The zero-order valence-corrected chi connectivity index (χ0v) is 11.2. The van der Waals surface area contributed by atoms with E-state index in [4.69, 9.17) is 0 Å². The second-order valence-electron chi connectivity index (χ2n) is 5.02. The van der Waals surface area contributed by atoms with E-state index in [0.717, 1.165) is 25.9 Å². The lowest BCUT2D eigenvalue weighted by Crippen LogP contribution is -2.33. The molecule has 1 aliphatic rings. The van der Waals surface area contributed by atoms with Crippen molar-refractivity contribution < 1.29 is 9.59 Å². The summed E-state index contributed by atoms with van der Waals surface area (Å²) in [4.78, 5) is 27.8. The number of nitrogens with zero attached hydrogens (tertiary/aromatic N) is 2. The average molecular weight is 238 g/mol. The number of carbonyl (C=O) groups excluding carboxylic acids is 2. The monoisotopic (exact) mass is 238 g/mol. The summed E-state index contributed by atoms with van der Waals surface area (Å²) in [5.74, 6) is -0.335. The molecule has 0 aliphatic carbocycles. The molecule has 0 saturated carbocycles. The first-order chi connectivity index (χ1) is 7.93. The van der Waals surface area contributed by atoms with Gasteiger partial charge in [0.15, 0.2) is 5.78 Å². The Bertz CT molecular complexity index is 326. The highest BCUT2D eigenvalue weighted by Gasteiger charge is 2.27. The quantitative estimate of drug-likeness (QED) is 0.421. The molecular weight excluding hydrogens is 216 g/mol. The number of ketones is 1. The van der Waals surface area contributed by atoms with Gasteiger partial charge < -0.3 is 9.80 Å². The molecule has 0 unspecified atom stereocenters. The highest BCUT2D eigenvalue weighted by Crippen LogP contribution is 2.15. The maximum atomic E-state index is 12.2. The van der Waals surface area contributed by atoms with E-state index in [1.807, 2.05) is 27.9 Å². The van der Waals surface area contributed by atoms with E-state index in [2.05, 4.69) is 0 Å². The molecule has 17 heavy (non-hydrogen) atoms. The van der Waals surface area contributed by atoms with Crippen molar-refractivity contribution in [2.45, 2.75) is 26.7 Å². The highest BCUT2D eigenvalue weighted by atomic mass is 16.2. The summed E-state index contributed by atoms with van der Waals surface area (Å²) >= 11 is 0. The Balaban J connectivity index is 2.90. The Morgan fingerprint density at radius 3 is 2.12 bits per heavy atom. The number of hydrogen-bond acceptors (Lipinski definition) is 3. The molecule has 0 spiro atoms. The molecule has 0 aromatic rings. The predicted octanol–water partition coefficient (Wildman–Crippen LogP) is 1.28.